The van der Waals surface area contributed by atoms with E-state index in [2.05, 4.69) is 16.8 Å². The van der Waals surface area contributed by atoms with E-state index >= 15 is 0 Å². The molecule has 3 aromatic rings. The average molecular weight is 474 g/mol. The molecular formula is C28H31N3O4. The third-order valence-electron chi connectivity index (χ3n) is 6.50. The van der Waals surface area contributed by atoms with Crippen LogP contribution < -0.4 is 5.73 Å². The van der Waals surface area contributed by atoms with Crippen LogP contribution in [0, 0.1) is 11.8 Å². The quantitative estimate of drug-likeness (QED) is 0.561. The van der Waals surface area contributed by atoms with E-state index in [-0.39, 0.29) is 17.9 Å². The number of amides is 2. The van der Waals surface area contributed by atoms with Crippen LogP contribution in [-0.4, -0.2) is 47.5 Å². The Morgan fingerprint density at radius 2 is 1.80 bits per heavy atom. The lowest BCUT2D eigenvalue weighted by Gasteiger charge is -2.24. The Kier molecular flexibility index (Phi) is 7.84. The predicted molar refractivity (Wildman–Crippen MR) is 135 cm³/mol. The molecule has 182 valence electrons. The molecule has 0 bridgehead atoms. The van der Waals surface area contributed by atoms with Gasteiger partial charge in [0.25, 0.3) is 5.91 Å². The lowest BCUT2D eigenvalue weighted by atomic mass is 10.1. The molecule has 0 radical (unpaired) electrons. The van der Waals surface area contributed by atoms with E-state index in [0.717, 1.165) is 42.3 Å². The van der Waals surface area contributed by atoms with Crippen LogP contribution in [0.3, 0.4) is 0 Å². The molecular weight excluding hydrogens is 442 g/mol. The first-order valence-electron chi connectivity index (χ1n) is 12.1. The van der Waals surface area contributed by atoms with Crippen molar-refractivity contribution in [2.45, 2.75) is 57.6 Å². The third-order valence-corrected chi connectivity index (χ3v) is 6.50. The molecule has 0 unspecified atom stereocenters. The fourth-order valence-electron chi connectivity index (χ4n) is 4.53. The SMILES string of the molecule is CC#Cc1cccc2oc(-c3ccc(C(=O)N(C)C4CCCC4)cc3)nc12.NC(=O)[C@@H]1CCCO1. The van der Waals surface area contributed by atoms with Gasteiger partial charge >= 0.3 is 0 Å². The van der Waals surface area contributed by atoms with Crippen LogP contribution in [0.15, 0.2) is 46.9 Å². The minimum Gasteiger partial charge on any atom is -0.436 e. The molecule has 1 atom stereocenters. The van der Waals surface area contributed by atoms with E-state index in [1.165, 1.54) is 12.8 Å². The highest BCUT2D eigenvalue weighted by molar-refractivity contribution is 5.94. The molecule has 2 amide bonds. The van der Waals surface area contributed by atoms with Crippen molar-refractivity contribution in [1.82, 2.24) is 9.88 Å². The molecule has 0 spiro atoms. The summed E-state index contributed by atoms with van der Waals surface area (Å²) in [6.07, 6.45) is 6.10. The predicted octanol–water partition coefficient (Wildman–Crippen LogP) is 4.53. The normalized spacial score (nSPS) is 17.4. The molecule has 1 saturated heterocycles. The first kappa shape index (κ1) is 24.5. The van der Waals surface area contributed by atoms with Crippen LogP contribution in [0.2, 0.25) is 0 Å². The molecule has 2 heterocycles. The summed E-state index contributed by atoms with van der Waals surface area (Å²) in [6.45, 7) is 2.49. The molecule has 2 aromatic carbocycles. The van der Waals surface area contributed by atoms with Gasteiger partial charge in [-0.1, -0.05) is 24.8 Å². The van der Waals surface area contributed by atoms with E-state index in [1.807, 2.05) is 54.4 Å². The van der Waals surface area contributed by atoms with Crippen molar-refractivity contribution in [2.24, 2.45) is 5.73 Å². The van der Waals surface area contributed by atoms with Gasteiger partial charge in [0.2, 0.25) is 11.8 Å². The van der Waals surface area contributed by atoms with Crippen molar-refractivity contribution in [3.8, 4) is 23.3 Å². The number of nitrogens with two attached hydrogens (primary N) is 1. The average Bonchev–Trinajstić information content (AvgIpc) is 3.65. The Bertz CT molecular complexity index is 1240. The monoisotopic (exact) mass is 473 g/mol. The van der Waals surface area contributed by atoms with Crippen LogP contribution >= 0.6 is 0 Å². The molecule has 7 nitrogen and oxygen atoms in total. The van der Waals surface area contributed by atoms with Crippen molar-refractivity contribution >= 4 is 22.9 Å². The maximum atomic E-state index is 12.7. The molecule has 1 aliphatic heterocycles. The number of aromatic nitrogens is 1. The molecule has 1 aliphatic carbocycles. The Morgan fingerprint density at radius 1 is 1.06 bits per heavy atom. The first-order chi connectivity index (χ1) is 17.0. The Hall–Kier alpha value is -3.63. The zero-order valence-electron chi connectivity index (χ0n) is 20.3. The molecule has 1 aromatic heterocycles. The first-order valence-corrected chi connectivity index (χ1v) is 12.1. The van der Waals surface area contributed by atoms with Gasteiger partial charge in [-0.3, -0.25) is 9.59 Å². The van der Waals surface area contributed by atoms with Gasteiger partial charge in [-0.05, 0) is 69.0 Å². The molecule has 1 saturated carbocycles. The van der Waals surface area contributed by atoms with Gasteiger partial charge in [-0.15, -0.1) is 5.92 Å². The summed E-state index contributed by atoms with van der Waals surface area (Å²) in [6, 6.07) is 13.6. The second-order valence-electron chi connectivity index (χ2n) is 8.88. The number of carbonyl (C=O) groups is 2. The Morgan fingerprint density at radius 3 is 2.40 bits per heavy atom. The summed E-state index contributed by atoms with van der Waals surface area (Å²) >= 11 is 0. The van der Waals surface area contributed by atoms with Crippen molar-refractivity contribution < 1.29 is 18.7 Å². The van der Waals surface area contributed by atoms with Gasteiger partial charge in [-0.25, -0.2) is 4.98 Å². The zero-order valence-corrected chi connectivity index (χ0v) is 20.3. The van der Waals surface area contributed by atoms with Crippen molar-refractivity contribution in [1.29, 1.82) is 0 Å². The summed E-state index contributed by atoms with van der Waals surface area (Å²) < 4.78 is 10.8. The number of benzene rings is 2. The minimum atomic E-state index is -0.331. The lowest BCUT2D eigenvalue weighted by molar-refractivity contribution is -0.126. The third kappa shape index (κ3) is 5.72. The number of ether oxygens (including phenoxy) is 1. The number of oxazole rings is 1. The largest absolute Gasteiger partial charge is 0.436 e. The van der Waals surface area contributed by atoms with Gasteiger partial charge in [-0.2, -0.15) is 0 Å². The van der Waals surface area contributed by atoms with E-state index in [9.17, 15) is 9.59 Å². The summed E-state index contributed by atoms with van der Waals surface area (Å²) in [5.74, 6) is 6.25. The van der Waals surface area contributed by atoms with E-state index in [4.69, 9.17) is 14.9 Å². The number of primary amides is 1. The molecule has 2 fully saturated rings. The molecule has 5 rings (SSSR count). The van der Waals surface area contributed by atoms with Crippen molar-refractivity contribution in [2.75, 3.05) is 13.7 Å². The van der Waals surface area contributed by atoms with Crippen molar-refractivity contribution in [3.63, 3.8) is 0 Å². The van der Waals surface area contributed by atoms with Crippen LogP contribution in [0.5, 0.6) is 0 Å². The fourth-order valence-corrected chi connectivity index (χ4v) is 4.53. The lowest BCUT2D eigenvalue weighted by Crippen LogP contribution is -2.35. The number of carbonyl (C=O) groups excluding carboxylic acids is 2. The molecule has 7 heteroatoms. The Balaban J connectivity index is 0.000000308. The smallest absolute Gasteiger partial charge is 0.253 e. The van der Waals surface area contributed by atoms with Gasteiger partial charge < -0.3 is 19.8 Å². The van der Waals surface area contributed by atoms with Crippen molar-refractivity contribution in [3.05, 3.63) is 53.6 Å². The highest BCUT2D eigenvalue weighted by atomic mass is 16.5. The van der Waals surface area contributed by atoms with Gasteiger partial charge in [0.1, 0.15) is 11.6 Å². The number of hydrogen-bond donors (Lipinski definition) is 1. The summed E-state index contributed by atoms with van der Waals surface area (Å²) in [4.78, 5) is 29.5. The molecule has 2 aliphatic rings. The maximum absolute atomic E-state index is 12.7. The highest BCUT2D eigenvalue weighted by Gasteiger charge is 2.24. The number of hydrogen-bond acceptors (Lipinski definition) is 5. The van der Waals surface area contributed by atoms with E-state index in [0.29, 0.717) is 29.7 Å². The second-order valence-corrected chi connectivity index (χ2v) is 8.88. The summed E-state index contributed by atoms with van der Waals surface area (Å²) in [5, 5.41) is 0. The number of rotatable bonds is 4. The maximum Gasteiger partial charge on any atom is 0.253 e. The topological polar surface area (TPSA) is 98.7 Å². The molecule has 35 heavy (non-hydrogen) atoms. The minimum absolute atomic E-state index is 0.0755. The van der Waals surface area contributed by atoms with E-state index < -0.39 is 0 Å². The van der Waals surface area contributed by atoms with Gasteiger partial charge in [0, 0.05) is 30.8 Å². The number of fused-ring (bicyclic) bond motifs is 1. The van der Waals surface area contributed by atoms with Gasteiger partial charge in [0.15, 0.2) is 5.58 Å². The van der Waals surface area contributed by atoms with Crippen LogP contribution in [-0.2, 0) is 9.53 Å². The number of para-hydroxylation sites is 1. The van der Waals surface area contributed by atoms with Crippen LogP contribution in [0.1, 0.15) is 61.4 Å². The fraction of sp³-hybridized carbons (Fsp3) is 0.393. The molecule has 2 N–H and O–H groups in total. The van der Waals surface area contributed by atoms with Gasteiger partial charge in [0.05, 0.1) is 5.56 Å². The summed E-state index contributed by atoms with van der Waals surface area (Å²) in [5.41, 5.74) is 8.82. The second kappa shape index (κ2) is 11.2. The number of nitrogens with zero attached hydrogens (tertiary/aromatic N) is 2. The van der Waals surface area contributed by atoms with E-state index in [1.54, 1.807) is 6.92 Å². The highest BCUT2D eigenvalue weighted by Crippen LogP contribution is 2.27. The summed E-state index contributed by atoms with van der Waals surface area (Å²) in [7, 11) is 1.91. The zero-order chi connectivity index (χ0) is 24.8. The standard InChI is InChI=1S/C23H22N2O2.C5H9NO2/c1-3-7-16-8-6-11-20-21(16)24-22(27-20)17-12-14-18(15-13-17)23(26)25(2)19-9-4-5-10-19;6-5(7)4-2-1-3-8-4/h6,8,11-15,19H,4-5,9-10H2,1-2H3;4H,1-3H2,(H2,6,7)/t;4-/m.0/s1. The van der Waals surface area contributed by atoms with Crippen LogP contribution in [0.4, 0.5) is 0 Å². The Labute approximate surface area is 205 Å². The van der Waals surface area contributed by atoms with Crippen LogP contribution in [0.25, 0.3) is 22.6 Å².